The second-order valence-corrected chi connectivity index (χ2v) is 6.59. The van der Waals surface area contributed by atoms with Crippen LogP contribution >= 0.6 is 0 Å². The zero-order chi connectivity index (χ0) is 16.1. The molecule has 0 heterocycles. The summed E-state index contributed by atoms with van der Waals surface area (Å²) in [4.78, 5) is 2.67. The first kappa shape index (κ1) is 17.0. The van der Waals surface area contributed by atoms with Crippen LogP contribution in [0.2, 0.25) is 0 Å². The Labute approximate surface area is 136 Å². The summed E-state index contributed by atoms with van der Waals surface area (Å²) in [7, 11) is 0. The monoisotopic (exact) mass is 297 g/mol. The highest BCUT2D eigenvalue weighted by molar-refractivity contribution is 5.38. The summed E-state index contributed by atoms with van der Waals surface area (Å²) in [5, 5.41) is 0. The van der Waals surface area contributed by atoms with Crippen molar-refractivity contribution in [3.63, 3.8) is 0 Å². The molecule has 0 aromatic heterocycles. The van der Waals surface area contributed by atoms with Gasteiger partial charge >= 0.3 is 0 Å². The van der Waals surface area contributed by atoms with E-state index in [4.69, 9.17) is 0 Å². The highest BCUT2D eigenvalue weighted by Gasteiger charge is 2.28. The SMILES string of the molecule is CCCN(CC)C(c1c(C)cccc1C)C1C=CC(C)=CC1. The van der Waals surface area contributed by atoms with E-state index in [1.807, 2.05) is 0 Å². The maximum absolute atomic E-state index is 2.67. The Hall–Kier alpha value is -1.34. The van der Waals surface area contributed by atoms with Gasteiger partial charge in [-0.2, -0.15) is 0 Å². The number of rotatable bonds is 6. The fraction of sp³-hybridized carbons (Fsp3) is 0.524. The highest BCUT2D eigenvalue weighted by Crippen LogP contribution is 2.37. The summed E-state index contributed by atoms with van der Waals surface area (Å²) < 4.78 is 0. The molecule has 2 atom stereocenters. The molecule has 1 aromatic carbocycles. The fourth-order valence-electron chi connectivity index (χ4n) is 3.72. The topological polar surface area (TPSA) is 3.24 Å². The minimum atomic E-state index is 0.492. The van der Waals surface area contributed by atoms with Gasteiger partial charge in [0.25, 0.3) is 0 Å². The smallest absolute Gasteiger partial charge is 0.0418 e. The minimum absolute atomic E-state index is 0.492. The summed E-state index contributed by atoms with van der Waals surface area (Å²) in [6.45, 7) is 13.6. The molecule has 22 heavy (non-hydrogen) atoms. The lowest BCUT2D eigenvalue weighted by Crippen LogP contribution is -2.35. The first-order valence-corrected chi connectivity index (χ1v) is 8.73. The number of hydrogen-bond donors (Lipinski definition) is 0. The van der Waals surface area contributed by atoms with E-state index in [0.29, 0.717) is 12.0 Å². The molecule has 1 nitrogen and oxygen atoms in total. The van der Waals surface area contributed by atoms with E-state index in [-0.39, 0.29) is 0 Å². The lowest BCUT2D eigenvalue weighted by Gasteiger charge is -2.38. The van der Waals surface area contributed by atoms with Crippen molar-refractivity contribution in [1.29, 1.82) is 0 Å². The predicted octanol–water partition coefficient (Wildman–Crippen LogP) is 5.60. The van der Waals surface area contributed by atoms with Gasteiger partial charge in [0, 0.05) is 12.0 Å². The predicted molar refractivity (Wildman–Crippen MR) is 97.2 cm³/mol. The number of allylic oxidation sites excluding steroid dienone is 3. The Balaban J connectivity index is 2.43. The molecule has 0 spiro atoms. The molecular weight excluding hydrogens is 266 g/mol. The second-order valence-electron chi connectivity index (χ2n) is 6.59. The third-order valence-electron chi connectivity index (χ3n) is 4.87. The summed E-state index contributed by atoms with van der Waals surface area (Å²) in [6.07, 6.45) is 9.49. The molecule has 0 saturated carbocycles. The fourth-order valence-corrected chi connectivity index (χ4v) is 3.72. The van der Waals surface area contributed by atoms with Gasteiger partial charge < -0.3 is 0 Å². The number of benzene rings is 1. The lowest BCUT2D eigenvalue weighted by molar-refractivity contribution is 0.166. The van der Waals surface area contributed by atoms with Gasteiger partial charge in [0.05, 0.1) is 0 Å². The molecule has 1 aliphatic carbocycles. The van der Waals surface area contributed by atoms with Crippen LogP contribution < -0.4 is 0 Å². The van der Waals surface area contributed by atoms with E-state index < -0.39 is 0 Å². The first-order chi connectivity index (χ1) is 10.6. The molecule has 2 rings (SSSR count). The minimum Gasteiger partial charge on any atom is -0.296 e. The number of nitrogens with zero attached hydrogens (tertiary/aromatic N) is 1. The molecule has 0 fully saturated rings. The van der Waals surface area contributed by atoms with Crippen molar-refractivity contribution in [3.05, 3.63) is 58.7 Å². The van der Waals surface area contributed by atoms with Gasteiger partial charge in [-0.25, -0.2) is 0 Å². The average Bonchev–Trinajstić information content (AvgIpc) is 2.50. The van der Waals surface area contributed by atoms with Crippen LogP contribution in [0.4, 0.5) is 0 Å². The average molecular weight is 297 g/mol. The third kappa shape index (κ3) is 3.70. The van der Waals surface area contributed by atoms with Gasteiger partial charge in [0.2, 0.25) is 0 Å². The van der Waals surface area contributed by atoms with Crippen molar-refractivity contribution in [2.24, 2.45) is 5.92 Å². The van der Waals surface area contributed by atoms with Crippen molar-refractivity contribution < 1.29 is 0 Å². The van der Waals surface area contributed by atoms with Crippen LogP contribution in [-0.4, -0.2) is 18.0 Å². The van der Waals surface area contributed by atoms with Crippen LogP contribution in [-0.2, 0) is 0 Å². The Morgan fingerprint density at radius 3 is 2.32 bits per heavy atom. The van der Waals surface area contributed by atoms with Crippen LogP contribution in [0.15, 0.2) is 42.0 Å². The maximum atomic E-state index is 2.67. The summed E-state index contributed by atoms with van der Waals surface area (Å²) in [6, 6.07) is 7.21. The van der Waals surface area contributed by atoms with Gasteiger partial charge in [0.1, 0.15) is 0 Å². The Morgan fingerprint density at radius 2 is 1.82 bits per heavy atom. The van der Waals surface area contributed by atoms with Crippen molar-refractivity contribution in [2.75, 3.05) is 13.1 Å². The maximum Gasteiger partial charge on any atom is 0.0418 e. The van der Waals surface area contributed by atoms with Gasteiger partial charge in [-0.15, -0.1) is 0 Å². The van der Waals surface area contributed by atoms with E-state index in [1.165, 1.54) is 29.7 Å². The summed E-state index contributed by atoms with van der Waals surface area (Å²) in [5.74, 6) is 0.579. The molecule has 0 saturated heterocycles. The van der Waals surface area contributed by atoms with E-state index >= 15 is 0 Å². The van der Waals surface area contributed by atoms with Gasteiger partial charge in [-0.05, 0) is 63.4 Å². The van der Waals surface area contributed by atoms with Crippen LogP contribution in [0.5, 0.6) is 0 Å². The number of aryl methyl sites for hydroxylation is 2. The Kier molecular flexibility index (Phi) is 6.02. The van der Waals surface area contributed by atoms with Crippen molar-refractivity contribution in [1.82, 2.24) is 4.90 Å². The largest absolute Gasteiger partial charge is 0.296 e. The van der Waals surface area contributed by atoms with Crippen LogP contribution in [0, 0.1) is 19.8 Å². The third-order valence-corrected chi connectivity index (χ3v) is 4.87. The van der Waals surface area contributed by atoms with Gasteiger partial charge in [-0.1, -0.05) is 55.8 Å². The standard InChI is InChI=1S/C21H31N/c1-6-15-22(7-2)21(19-13-11-16(3)12-14-19)20-17(4)9-8-10-18(20)5/h8-13,19,21H,6-7,14-15H2,1-5H3. The van der Waals surface area contributed by atoms with Crippen molar-refractivity contribution >= 4 is 0 Å². The molecule has 120 valence electrons. The van der Waals surface area contributed by atoms with Crippen molar-refractivity contribution in [2.45, 2.75) is 53.5 Å². The lowest BCUT2D eigenvalue weighted by atomic mass is 9.82. The highest BCUT2D eigenvalue weighted by atomic mass is 15.2. The first-order valence-electron chi connectivity index (χ1n) is 8.73. The van der Waals surface area contributed by atoms with E-state index in [2.05, 4.69) is 75.9 Å². The van der Waals surface area contributed by atoms with E-state index in [0.717, 1.165) is 13.0 Å². The van der Waals surface area contributed by atoms with Crippen LogP contribution in [0.25, 0.3) is 0 Å². The molecule has 1 heteroatoms. The Bertz CT molecular complexity index is 533. The summed E-state index contributed by atoms with van der Waals surface area (Å²) in [5.41, 5.74) is 5.80. The molecule has 0 amide bonds. The normalized spacial score (nSPS) is 19.4. The Morgan fingerprint density at radius 1 is 1.14 bits per heavy atom. The molecule has 0 N–H and O–H groups in total. The zero-order valence-corrected chi connectivity index (χ0v) is 14.9. The molecular formula is C21H31N. The summed E-state index contributed by atoms with van der Waals surface area (Å²) >= 11 is 0. The molecule has 0 aliphatic heterocycles. The zero-order valence-electron chi connectivity index (χ0n) is 14.9. The van der Waals surface area contributed by atoms with E-state index in [9.17, 15) is 0 Å². The number of hydrogen-bond acceptors (Lipinski definition) is 1. The quantitative estimate of drug-likeness (QED) is 0.660. The van der Waals surface area contributed by atoms with Crippen LogP contribution in [0.3, 0.4) is 0 Å². The van der Waals surface area contributed by atoms with Crippen molar-refractivity contribution in [3.8, 4) is 0 Å². The molecule has 0 radical (unpaired) electrons. The van der Waals surface area contributed by atoms with E-state index in [1.54, 1.807) is 5.56 Å². The molecule has 2 unspecified atom stereocenters. The molecule has 1 aromatic rings. The molecule has 0 bridgehead atoms. The van der Waals surface area contributed by atoms with Gasteiger partial charge in [-0.3, -0.25) is 4.90 Å². The van der Waals surface area contributed by atoms with Crippen LogP contribution in [0.1, 0.15) is 56.3 Å². The molecule has 1 aliphatic rings. The van der Waals surface area contributed by atoms with Gasteiger partial charge in [0.15, 0.2) is 0 Å². The second kappa shape index (κ2) is 7.78.